The maximum Gasteiger partial charge on any atom is 0.188 e. The molecule has 2 aromatic carbocycles. The number of nitrogens with two attached hydrogens (primary N) is 1. The molecule has 0 aliphatic heterocycles. The molecule has 1 atom stereocenters. The van der Waals surface area contributed by atoms with E-state index in [2.05, 4.69) is 38.4 Å². The van der Waals surface area contributed by atoms with Gasteiger partial charge in [-0.05, 0) is 42.0 Å². The molecule has 0 radical (unpaired) electrons. The van der Waals surface area contributed by atoms with Gasteiger partial charge in [0.1, 0.15) is 12.4 Å². The first-order valence-electron chi connectivity index (χ1n) is 7.46. The SMILES string of the molecule is COCC(C)NC(N)=NCCOc1ccc2cc(Br)ccc2c1. The number of methoxy groups -OCH3 is 1. The molecular weight excluding hydrogens is 358 g/mol. The molecule has 2 rings (SSSR count). The van der Waals surface area contributed by atoms with Crippen molar-refractivity contribution in [2.75, 3.05) is 26.9 Å². The zero-order valence-electron chi connectivity index (χ0n) is 13.4. The number of benzene rings is 2. The summed E-state index contributed by atoms with van der Waals surface area (Å²) in [6, 6.07) is 12.3. The van der Waals surface area contributed by atoms with Gasteiger partial charge in [0.2, 0.25) is 0 Å². The Bertz CT molecular complexity index is 676. The Balaban J connectivity index is 1.83. The minimum Gasteiger partial charge on any atom is -0.492 e. The molecule has 0 amide bonds. The standard InChI is InChI=1S/C17H22BrN3O2/c1-12(11-22-2)21-17(19)20-7-8-23-16-6-4-13-9-15(18)5-3-14(13)10-16/h3-6,9-10,12H,7-8,11H2,1-2H3,(H3,19,20,21). The van der Waals surface area contributed by atoms with E-state index in [1.54, 1.807) is 7.11 Å². The highest BCUT2D eigenvalue weighted by molar-refractivity contribution is 9.10. The number of rotatable bonds is 7. The monoisotopic (exact) mass is 379 g/mol. The van der Waals surface area contributed by atoms with Crippen LogP contribution in [0.2, 0.25) is 0 Å². The number of aliphatic imine (C=N–C) groups is 1. The van der Waals surface area contributed by atoms with Gasteiger partial charge in [-0.1, -0.05) is 28.1 Å². The van der Waals surface area contributed by atoms with E-state index in [1.165, 1.54) is 5.39 Å². The third-order valence-corrected chi connectivity index (χ3v) is 3.72. The Morgan fingerprint density at radius 1 is 1.26 bits per heavy atom. The molecule has 3 N–H and O–H groups in total. The van der Waals surface area contributed by atoms with Crippen molar-refractivity contribution in [3.8, 4) is 5.75 Å². The van der Waals surface area contributed by atoms with Crippen LogP contribution in [0.25, 0.3) is 10.8 Å². The number of nitrogens with one attached hydrogen (secondary N) is 1. The van der Waals surface area contributed by atoms with E-state index >= 15 is 0 Å². The van der Waals surface area contributed by atoms with Crippen LogP contribution in [0.1, 0.15) is 6.92 Å². The van der Waals surface area contributed by atoms with Gasteiger partial charge in [-0.3, -0.25) is 0 Å². The summed E-state index contributed by atoms with van der Waals surface area (Å²) in [4.78, 5) is 4.23. The molecule has 5 nitrogen and oxygen atoms in total. The van der Waals surface area contributed by atoms with Gasteiger partial charge in [-0.15, -0.1) is 0 Å². The molecule has 1 unspecified atom stereocenters. The summed E-state index contributed by atoms with van der Waals surface area (Å²) in [6.07, 6.45) is 0. The lowest BCUT2D eigenvalue weighted by Gasteiger charge is -2.13. The zero-order valence-corrected chi connectivity index (χ0v) is 15.0. The molecule has 0 fully saturated rings. The number of halogens is 1. The van der Waals surface area contributed by atoms with Crippen molar-refractivity contribution in [3.05, 3.63) is 40.9 Å². The minimum atomic E-state index is 0.129. The maximum absolute atomic E-state index is 5.80. The van der Waals surface area contributed by atoms with E-state index in [4.69, 9.17) is 15.2 Å². The predicted octanol–water partition coefficient (Wildman–Crippen LogP) is 2.92. The molecule has 2 aromatic rings. The molecule has 0 saturated carbocycles. The molecule has 0 aliphatic rings. The smallest absolute Gasteiger partial charge is 0.188 e. The van der Waals surface area contributed by atoms with Crippen LogP contribution in [0.4, 0.5) is 0 Å². The lowest BCUT2D eigenvalue weighted by Crippen LogP contribution is -2.40. The van der Waals surface area contributed by atoms with Crippen molar-refractivity contribution in [2.24, 2.45) is 10.7 Å². The van der Waals surface area contributed by atoms with Gasteiger partial charge < -0.3 is 20.5 Å². The van der Waals surface area contributed by atoms with Gasteiger partial charge in [-0.2, -0.15) is 0 Å². The molecule has 0 bridgehead atoms. The molecule has 0 spiro atoms. The Morgan fingerprint density at radius 2 is 2.00 bits per heavy atom. The Hall–Kier alpha value is -1.79. The van der Waals surface area contributed by atoms with Crippen LogP contribution in [-0.4, -0.2) is 38.9 Å². The molecule has 0 aliphatic carbocycles. The van der Waals surface area contributed by atoms with Gasteiger partial charge >= 0.3 is 0 Å². The van der Waals surface area contributed by atoms with Crippen LogP contribution in [-0.2, 0) is 4.74 Å². The van der Waals surface area contributed by atoms with Gasteiger partial charge in [0.25, 0.3) is 0 Å². The fourth-order valence-corrected chi connectivity index (χ4v) is 2.58. The first-order chi connectivity index (χ1) is 11.1. The van der Waals surface area contributed by atoms with E-state index in [0.717, 1.165) is 15.6 Å². The average Bonchev–Trinajstić information content (AvgIpc) is 2.51. The normalized spacial score (nSPS) is 13.1. The molecule has 0 saturated heterocycles. The quantitative estimate of drug-likeness (QED) is 0.440. The van der Waals surface area contributed by atoms with Crippen LogP contribution in [0.3, 0.4) is 0 Å². The van der Waals surface area contributed by atoms with Crippen LogP contribution >= 0.6 is 15.9 Å². The molecule has 0 heterocycles. The number of hydrogen-bond acceptors (Lipinski definition) is 3. The molecular formula is C17H22BrN3O2. The van der Waals surface area contributed by atoms with Gasteiger partial charge in [0.05, 0.1) is 13.2 Å². The van der Waals surface area contributed by atoms with Crippen molar-refractivity contribution in [1.29, 1.82) is 0 Å². The van der Waals surface area contributed by atoms with E-state index in [1.807, 2.05) is 31.2 Å². The summed E-state index contributed by atoms with van der Waals surface area (Å²) in [5.74, 6) is 1.23. The molecule has 124 valence electrons. The van der Waals surface area contributed by atoms with Crippen molar-refractivity contribution >= 4 is 32.7 Å². The highest BCUT2D eigenvalue weighted by atomic mass is 79.9. The predicted molar refractivity (Wildman–Crippen MR) is 98.1 cm³/mol. The molecule has 6 heteroatoms. The summed E-state index contributed by atoms with van der Waals surface area (Å²) < 4.78 is 11.8. The van der Waals surface area contributed by atoms with E-state index in [-0.39, 0.29) is 6.04 Å². The highest BCUT2D eigenvalue weighted by Crippen LogP contribution is 2.24. The second kappa shape index (κ2) is 8.74. The van der Waals surface area contributed by atoms with E-state index in [9.17, 15) is 0 Å². The summed E-state index contributed by atoms with van der Waals surface area (Å²) >= 11 is 3.47. The topological polar surface area (TPSA) is 68.9 Å². The first kappa shape index (κ1) is 17.6. The van der Waals surface area contributed by atoms with Gasteiger partial charge in [0.15, 0.2) is 5.96 Å². The molecule has 23 heavy (non-hydrogen) atoms. The summed E-state index contributed by atoms with van der Waals surface area (Å²) in [5.41, 5.74) is 5.80. The number of ether oxygens (including phenoxy) is 2. The average molecular weight is 380 g/mol. The minimum absolute atomic E-state index is 0.129. The number of guanidine groups is 1. The van der Waals surface area contributed by atoms with Crippen molar-refractivity contribution in [3.63, 3.8) is 0 Å². The van der Waals surface area contributed by atoms with Crippen LogP contribution in [0.5, 0.6) is 5.75 Å². The zero-order chi connectivity index (χ0) is 16.7. The van der Waals surface area contributed by atoms with Crippen LogP contribution in [0, 0.1) is 0 Å². The van der Waals surface area contributed by atoms with Crippen LogP contribution < -0.4 is 15.8 Å². The maximum atomic E-state index is 5.80. The largest absolute Gasteiger partial charge is 0.492 e. The third kappa shape index (κ3) is 5.73. The van der Waals surface area contributed by atoms with Gasteiger partial charge in [-0.25, -0.2) is 4.99 Å². The fourth-order valence-electron chi connectivity index (χ4n) is 2.20. The fraction of sp³-hybridized carbons (Fsp3) is 0.353. The number of hydrogen-bond donors (Lipinski definition) is 2. The lowest BCUT2D eigenvalue weighted by molar-refractivity contribution is 0.179. The Labute approximate surface area is 145 Å². The summed E-state index contributed by atoms with van der Waals surface area (Å²) in [6.45, 7) is 3.54. The van der Waals surface area contributed by atoms with Crippen LogP contribution in [0.15, 0.2) is 45.9 Å². The Morgan fingerprint density at radius 3 is 2.78 bits per heavy atom. The molecule has 0 aromatic heterocycles. The Kier molecular flexibility index (Phi) is 6.67. The summed E-state index contributed by atoms with van der Waals surface area (Å²) in [7, 11) is 1.65. The van der Waals surface area contributed by atoms with Crippen molar-refractivity contribution in [1.82, 2.24) is 5.32 Å². The third-order valence-electron chi connectivity index (χ3n) is 3.23. The van der Waals surface area contributed by atoms with Crippen molar-refractivity contribution in [2.45, 2.75) is 13.0 Å². The highest BCUT2D eigenvalue weighted by Gasteiger charge is 2.01. The second-order valence-corrected chi connectivity index (χ2v) is 6.19. The number of fused-ring (bicyclic) bond motifs is 1. The summed E-state index contributed by atoms with van der Waals surface area (Å²) in [5, 5.41) is 5.37. The van der Waals surface area contributed by atoms with E-state index < -0.39 is 0 Å². The van der Waals surface area contributed by atoms with Crippen molar-refractivity contribution < 1.29 is 9.47 Å². The first-order valence-corrected chi connectivity index (χ1v) is 8.25. The second-order valence-electron chi connectivity index (χ2n) is 5.27. The number of nitrogens with zero attached hydrogens (tertiary/aromatic N) is 1. The lowest BCUT2D eigenvalue weighted by atomic mass is 10.1. The van der Waals surface area contributed by atoms with Gasteiger partial charge in [0, 0.05) is 17.6 Å². The van der Waals surface area contributed by atoms with E-state index in [0.29, 0.717) is 25.7 Å².